The van der Waals surface area contributed by atoms with Gasteiger partial charge in [-0.25, -0.2) is 4.68 Å². The van der Waals surface area contributed by atoms with Crippen LogP contribution in [0, 0.1) is 18.3 Å². The van der Waals surface area contributed by atoms with Gasteiger partial charge >= 0.3 is 0 Å². The summed E-state index contributed by atoms with van der Waals surface area (Å²) in [5, 5.41) is 17.0. The van der Waals surface area contributed by atoms with Crippen LogP contribution in [0.15, 0.2) is 48.8 Å². The standard InChI is InChI=1S/C20H20N6/c1-15-10-17(12-18(11-15)25-8-4-5-9-25)23-20-22-14-26(24-20)19-7-3-2-6-16(19)13-21/h2-3,6-7,10-12,14H,4-5,8-9H2,1H3,(H,23,24). The average molecular weight is 344 g/mol. The van der Waals surface area contributed by atoms with Gasteiger partial charge in [-0.2, -0.15) is 10.2 Å². The van der Waals surface area contributed by atoms with Gasteiger partial charge in [-0.15, -0.1) is 5.10 Å². The topological polar surface area (TPSA) is 69.8 Å². The molecule has 0 bridgehead atoms. The molecule has 26 heavy (non-hydrogen) atoms. The fourth-order valence-electron chi connectivity index (χ4n) is 3.33. The first-order valence-electron chi connectivity index (χ1n) is 8.78. The van der Waals surface area contributed by atoms with E-state index in [-0.39, 0.29) is 0 Å². The maximum atomic E-state index is 9.25. The van der Waals surface area contributed by atoms with Crippen LogP contribution in [0.4, 0.5) is 17.3 Å². The molecule has 1 saturated heterocycles. The van der Waals surface area contributed by atoms with E-state index in [0.29, 0.717) is 11.5 Å². The summed E-state index contributed by atoms with van der Waals surface area (Å²) in [5.74, 6) is 0.510. The van der Waals surface area contributed by atoms with Gasteiger partial charge in [0.05, 0.1) is 11.3 Å². The van der Waals surface area contributed by atoms with E-state index in [9.17, 15) is 5.26 Å². The highest BCUT2D eigenvalue weighted by atomic mass is 15.4. The van der Waals surface area contributed by atoms with Crippen LogP contribution in [0.2, 0.25) is 0 Å². The number of aryl methyl sites for hydroxylation is 1. The van der Waals surface area contributed by atoms with Crippen LogP contribution in [0.1, 0.15) is 24.0 Å². The Morgan fingerprint density at radius 3 is 2.73 bits per heavy atom. The molecule has 2 aromatic carbocycles. The van der Waals surface area contributed by atoms with Crippen molar-refractivity contribution in [2.45, 2.75) is 19.8 Å². The molecular weight excluding hydrogens is 324 g/mol. The number of rotatable bonds is 4. The van der Waals surface area contributed by atoms with Crippen LogP contribution in [-0.4, -0.2) is 27.9 Å². The molecule has 1 fully saturated rings. The van der Waals surface area contributed by atoms with Crippen molar-refractivity contribution in [2.75, 3.05) is 23.3 Å². The molecule has 130 valence electrons. The van der Waals surface area contributed by atoms with Crippen molar-refractivity contribution in [2.24, 2.45) is 0 Å². The van der Waals surface area contributed by atoms with Gasteiger partial charge in [-0.05, 0) is 55.7 Å². The van der Waals surface area contributed by atoms with Gasteiger partial charge in [-0.1, -0.05) is 12.1 Å². The van der Waals surface area contributed by atoms with Crippen molar-refractivity contribution in [3.63, 3.8) is 0 Å². The quantitative estimate of drug-likeness (QED) is 0.780. The van der Waals surface area contributed by atoms with Crippen molar-refractivity contribution in [3.8, 4) is 11.8 Å². The molecule has 4 rings (SSSR count). The first-order chi connectivity index (χ1) is 12.7. The summed E-state index contributed by atoms with van der Waals surface area (Å²) in [7, 11) is 0. The Balaban J connectivity index is 1.59. The number of nitriles is 1. The van der Waals surface area contributed by atoms with Gasteiger partial charge in [0, 0.05) is 24.5 Å². The Labute approximate surface area is 152 Å². The Kier molecular flexibility index (Phi) is 4.28. The molecule has 6 heteroatoms. The number of benzene rings is 2. The minimum absolute atomic E-state index is 0.510. The number of nitrogens with zero attached hydrogens (tertiary/aromatic N) is 5. The molecule has 1 aromatic heterocycles. The van der Waals surface area contributed by atoms with Crippen LogP contribution in [0.5, 0.6) is 0 Å². The highest BCUT2D eigenvalue weighted by Crippen LogP contribution is 2.26. The predicted octanol–water partition coefficient (Wildman–Crippen LogP) is 3.79. The summed E-state index contributed by atoms with van der Waals surface area (Å²) < 4.78 is 1.62. The second-order valence-corrected chi connectivity index (χ2v) is 6.52. The highest BCUT2D eigenvalue weighted by molar-refractivity contribution is 5.64. The van der Waals surface area contributed by atoms with E-state index in [1.807, 2.05) is 18.2 Å². The fourth-order valence-corrected chi connectivity index (χ4v) is 3.33. The third-order valence-electron chi connectivity index (χ3n) is 4.55. The summed E-state index contributed by atoms with van der Waals surface area (Å²) >= 11 is 0. The van der Waals surface area contributed by atoms with Gasteiger partial charge in [0.25, 0.3) is 0 Å². The Morgan fingerprint density at radius 2 is 1.92 bits per heavy atom. The predicted molar refractivity (Wildman–Crippen MR) is 102 cm³/mol. The SMILES string of the molecule is Cc1cc(Nc2ncn(-c3ccccc3C#N)n2)cc(N2CCCC2)c1. The number of para-hydroxylation sites is 1. The van der Waals surface area contributed by atoms with Crippen molar-refractivity contribution in [3.05, 3.63) is 59.9 Å². The molecule has 0 spiro atoms. The van der Waals surface area contributed by atoms with Crippen molar-refractivity contribution in [1.82, 2.24) is 14.8 Å². The molecule has 1 aliphatic heterocycles. The van der Waals surface area contributed by atoms with E-state index in [4.69, 9.17) is 0 Å². The maximum Gasteiger partial charge on any atom is 0.246 e. The molecule has 2 heterocycles. The second-order valence-electron chi connectivity index (χ2n) is 6.52. The molecule has 1 N–H and O–H groups in total. The lowest BCUT2D eigenvalue weighted by Crippen LogP contribution is -2.17. The lowest BCUT2D eigenvalue weighted by atomic mass is 10.2. The Hall–Kier alpha value is -3.33. The summed E-state index contributed by atoms with van der Waals surface area (Å²) in [6.07, 6.45) is 4.12. The third-order valence-corrected chi connectivity index (χ3v) is 4.55. The average Bonchev–Trinajstić information content (AvgIpc) is 3.33. The van der Waals surface area contributed by atoms with Crippen LogP contribution in [-0.2, 0) is 0 Å². The normalized spacial score (nSPS) is 13.6. The highest BCUT2D eigenvalue weighted by Gasteiger charge is 2.14. The molecule has 0 amide bonds. The van der Waals surface area contributed by atoms with Gasteiger partial charge in [0.1, 0.15) is 12.4 Å². The molecule has 6 nitrogen and oxygen atoms in total. The molecule has 1 aliphatic rings. The number of anilines is 3. The summed E-state index contributed by atoms with van der Waals surface area (Å²) in [4.78, 5) is 6.75. The molecule has 0 aliphatic carbocycles. The van der Waals surface area contributed by atoms with Crippen molar-refractivity contribution < 1.29 is 0 Å². The van der Waals surface area contributed by atoms with Crippen LogP contribution < -0.4 is 10.2 Å². The number of nitrogens with one attached hydrogen (secondary N) is 1. The monoisotopic (exact) mass is 344 g/mol. The molecule has 0 radical (unpaired) electrons. The Morgan fingerprint density at radius 1 is 1.12 bits per heavy atom. The minimum atomic E-state index is 0.510. The second kappa shape index (κ2) is 6.89. The zero-order chi connectivity index (χ0) is 17.9. The van der Waals surface area contributed by atoms with Crippen LogP contribution >= 0.6 is 0 Å². The van der Waals surface area contributed by atoms with Crippen LogP contribution in [0.3, 0.4) is 0 Å². The van der Waals surface area contributed by atoms with Gasteiger partial charge in [0.15, 0.2) is 0 Å². The van der Waals surface area contributed by atoms with Gasteiger partial charge < -0.3 is 10.2 Å². The summed E-state index contributed by atoms with van der Waals surface area (Å²) in [6.45, 7) is 4.32. The number of aromatic nitrogens is 3. The van der Waals surface area contributed by atoms with Crippen molar-refractivity contribution >= 4 is 17.3 Å². The van der Waals surface area contributed by atoms with Crippen LogP contribution in [0.25, 0.3) is 5.69 Å². The maximum absolute atomic E-state index is 9.25. The first-order valence-corrected chi connectivity index (χ1v) is 8.78. The summed E-state index contributed by atoms with van der Waals surface area (Å²) in [6, 6.07) is 16.0. The molecular formula is C20H20N6. The van der Waals surface area contributed by atoms with Gasteiger partial charge in [0.2, 0.25) is 5.95 Å². The summed E-state index contributed by atoms with van der Waals surface area (Å²) in [5.41, 5.74) is 4.69. The molecule has 0 saturated carbocycles. The Bertz CT molecular complexity index is 962. The fraction of sp³-hybridized carbons (Fsp3) is 0.250. The molecule has 0 atom stereocenters. The zero-order valence-electron chi connectivity index (χ0n) is 14.7. The van der Waals surface area contributed by atoms with Gasteiger partial charge in [-0.3, -0.25) is 0 Å². The zero-order valence-corrected chi connectivity index (χ0v) is 14.7. The van der Waals surface area contributed by atoms with Crippen molar-refractivity contribution in [1.29, 1.82) is 5.26 Å². The number of hydrogen-bond donors (Lipinski definition) is 1. The molecule has 0 unspecified atom stereocenters. The van der Waals surface area contributed by atoms with E-state index in [1.165, 1.54) is 24.1 Å². The third kappa shape index (κ3) is 3.24. The molecule has 3 aromatic rings. The smallest absolute Gasteiger partial charge is 0.246 e. The van der Waals surface area contributed by atoms with E-state index < -0.39 is 0 Å². The van der Waals surface area contributed by atoms with E-state index in [2.05, 4.69) is 51.5 Å². The van der Waals surface area contributed by atoms with E-state index in [0.717, 1.165) is 24.5 Å². The number of hydrogen-bond acceptors (Lipinski definition) is 5. The van der Waals surface area contributed by atoms with E-state index in [1.54, 1.807) is 17.1 Å². The lowest BCUT2D eigenvalue weighted by molar-refractivity contribution is 0.879. The first kappa shape index (κ1) is 16.2. The minimum Gasteiger partial charge on any atom is -0.371 e. The van der Waals surface area contributed by atoms with E-state index >= 15 is 0 Å². The lowest BCUT2D eigenvalue weighted by Gasteiger charge is -2.19. The largest absolute Gasteiger partial charge is 0.371 e.